The van der Waals surface area contributed by atoms with Gasteiger partial charge >= 0.3 is 19.0 Å². The molecule has 186 valence electrons. The SMILES string of the molecule is Cc1ccc(S(=O)(=O)N2B(c3ccccc3)OC(=O)C2[C@H](C)C(=O)Oc2ccc3ccccc3c2)cc1. The van der Waals surface area contributed by atoms with Gasteiger partial charge in [0.15, 0.2) is 0 Å². The molecule has 0 amide bonds. The van der Waals surface area contributed by atoms with Crippen LogP contribution in [0.15, 0.2) is 102 Å². The fourth-order valence-electron chi connectivity index (χ4n) is 4.41. The largest absolute Gasteiger partial charge is 0.514 e. The summed E-state index contributed by atoms with van der Waals surface area (Å²) in [6, 6.07) is 26.3. The van der Waals surface area contributed by atoms with E-state index in [2.05, 4.69) is 0 Å². The highest BCUT2D eigenvalue weighted by molar-refractivity contribution is 7.90. The third kappa shape index (κ3) is 4.75. The zero-order valence-corrected chi connectivity index (χ0v) is 21.1. The van der Waals surface area contributed by atoms with Crippen LogP contribution in [0.25, 0.3) is 10.8 Å². The second-order valence-electron chi connectivity index (χ2n) is 9.01. The van der Waals surface area contributed by atoms with Crippen LogP contribution in [0.5, 0.6) is 5.75 Å². The molecular weight excluding hydrogens is 489 g/mol. The van der Waals surface area contributed by atoms with Gasteiger partial charge in [-0.3, -0.25) is 9.59 Å². The van der Waals surface area contributed by atoms with Gasteiger partial charge in [-0.05, 0) is 54.3 Å². The lowest BCUT2D eigenvalue weighted by Gasteiger charge is -2.26. The number of ether oxygens (including phenoxy) is 1. The fourth-order valence-corrected chi connectivity index (χ4v) is 6.12. The molecule has 1 fully saturated rings. The molecule has 0 N–H and O–H groups in total. The number of hydrogen-bond acceptors (Lipinski definition) is 6. The van der Waals surface area contributed by atoms with Crippen molar-refractivity contribution in [1.82, 2.24) is 4.22 Å². The Morgan fingerprint density at radius 3 is 2.27 bits per heavy atom. The Morgan fingerprint density at radius 1 is 0.919 bits per heavy atom. The summed E-state index contributed by atoms with van der Waals surface area (Å²) in [4.78, 5) is 26.4. The number of aryl methyl sites for hydroxylation is 1. The number of carbonyl (C=O) groups excluding carboxylic acids is 2. The van der Waals surface area contributed by atoms with Gasteiger partial charge in [0, 0.05) is 0 Å². The van der Waals surface area contributed by atoms with Crippen molar-refractivity contribution in [3.05, 3.63) is 103 Å². The Balaban J connectivity index is 1.50. The lowest BCUT2D eigenvalue weighted by molar-refractivity contribution is -0.145. The molecule has 37 heavy (non-hydrogen) atoms. The monoisotopic (exact) mass is 513 g/mol. The number of carbonyl (C=O) groups is 2. The number of benzene rings is 4. The van der Waals surface area contributed by atoms with Gasteiger partial charge < -0.3 is 9.39 Å². The van der Waals surface area contributed by atoms with E-state index in [-0.39, 0.29) is 4.90 Å². The van der Waals surface area contributed by atoms with Crippen molar-refractivity contribution in [1.29, 1.82) is 0 Å². The topological polar surface area (TPSA) is 90.0 Å². The summed E-state index contributed by atoms with van der Waals surface area (Å²) in [7, 11) is -5.46. The predicted molar refractivity (Wildman–Crippen MR) is 141 cm³/mol. The summed E-state index contributed by atoms with van der Waals surface area (Å²) >= 11 is 0. The van der Waals surface area contributed by atoms with Crippen molar-refractivity contribution in [2.75, 3.05) is 0 Å². The summed E-state index contributed by atoms with van der Waals surface area (Å²) in [5.41, 5.74) is 1.36. The quantitative estimate of drug-likeness (QED) is 0.222. The molecule has 2 atom stereocenters. The second kappa shape index (κ2) is 9.84. The van der Waals surface area contributed by atoms with E-state index >= 15 is 0 Å². The Morgan fingerprint density at radius 2 is 1.57 bits per heavy atom. The molecule has 0 radical (unpaired) electrons. The van der Waals surface area contributed by atoms with Crippen LogP contribution in [0.4, 0.5) is 0 Å². The average Bonchev–Trinajstić information content (AvgIpc) is 3.26. The predicted octanol–water partition coefficient (Wildman–Crippen LogP) is 3.70. The first kappa shape index (κ1) is 24.7. The van der Waals surface area contributed by atoms with Crippen LogP contribution >= 0.6 is 0 Å². The zero-order valence-electron chi connectivity index (χ0n) is 20.3. The van der Waals surface area contributed by atoms with E-state index < -0.39 is 41.0 Å². The molecule has 0 bridgehead atoms. The summed E-state index contributed by atoms with van der Waals surface area (Å²) in [6.45, 7) is 3.32. The number of fused-ring (bicyclic) bond motifs is 1. The van der Waals surface area contributed by atoms with Gasteiger partial charge in [0.2, 0.25) is 10.0 Å². The maximum absolute atomic E-state index is 13.9. The molecule has 0 aliphatic carbocycles. The standard InChI is InChI=1S/C28H24BNO6S/c1-19-12-16-25(17-13-19)37(33,34)30-26(28(32)36-29(30)23-10-4-3-5-11-23)20(2)27(31)35-24-15-14-21-8-6-7-9-22(21)18-24/h3-18,20,26H,1-2H3/t20-,26?/m0/s1. The highest BCUT2D eigenvalue weighted by atomic mass is 32.2. The van der Waals surface area contributed by atoms with Crippen LogP contribution in [0.2, 0.25) is 0 Å². The highest BCUT2D eigenvalue weighted by Crippen LogP contribution is 2.31. The molecule has 1 saturated heterocycles. The van der Waals surface area contributed by atoms with Crippen LogP contribution in [-0.4, -0.2) is 37.7 Å². The zero-order chi connectivity index (χ0) is 26.2. The van der Waals surface area contributed by atoms with Gasteiger partial charge in [-0.25, -0.2) is 8.42 Å². The van der Waals surface area contributed by atoms with Crippen LogP contribution in [0.1, 0.15) is 12.5 Å². The number of sulfonamides is 1. The average molecular weight is 513 g/mol. The molecular formula is C28H24BNO6S. The van der Waals surface area contributed by atoms with E-state index in [0.29, 0.717) is 11.2 Å². The third-order valence-corrected chi connectivity index (χ3v) is 8.28. The van der Waals surface area contributed by atoms with E-state index in [1.807, 2.05) is 37.3 Å². The minimum Gasteiger partial charge on any atom is -0.514 e. The van der Waals surface area contributed by atoms with E-state index in [1.54, 1.807) is 54.6 Å². The normalized spacial score (nSPS) is 17.0. The maximum Gasteiger partial charge on any atom is 0.502 e. The molecule has 0 aromatic heterocycles. The number of nitrogens with zero attached hydrogens (tertiary/aromatic N) is 1. The summed E-state index contributed by atoms with van der Waals surface area (Å²) in [5, 5.41) is 1.87. The molecule has 7 nitrogen and oxygen atoms in total. The molecule has 1 aliphatic rings. The second-order valence-corrected chi connectivity index (χ2v) is 10.9. The van der Waals surface area contributed by atoms with Crippen LogP contribution in [0, 0.1) is 12.8 Å². The minimum atomic E-state index is -4.24. The molecule has 1 heterocycles. The van der Waals surface area contributed by atoms with E-state index in [4.69, 9.17) is 9.39 Å². The Bertz CT molecular complexity index is 1570. The summed E-state index contributed by atoms with van der Waals surface area (Å²) in [5.74, 6) is -2.40. The molecule has 0 saturated carbocycles. The highest BCUT2D eigenvalue weighted by Gasteiger charge is 2.57. The number of hydrogen-bond donors (Lipinski definition) is 0. The Kier molecular flexibility index (Phi) is 6.58. The van der Waals surface area contributed by atoms with Crippen molar-refractivity contribution < 1.29 is 27.4 Å². The first-order valence-corrected chi connectivity index (χ1v) is 13.3. The number of esters is 1. The lowest BCUT2D eigenvalue weighted by atomic mass is 9.74. The van der Waals surface area contributed by atoms with Crippen molar-refractivity contribution in [2.24, 2.45) is 5.92 Å². The van der Waals surface area contributed by atoms with Crippen molar-refractivity contribution >= 4 is 45.2 Å². The van der Waals surface area contributed by atoms with Gasteiger partial charge in [0.25, 0.3) is 0 Å². The Hall–Kier alpha value is -3.95. The van der Waals surface area contributed by atoms with E-state index in [0.717, 1.165) is 20.6 Å². The fraction of sp³-hybridized carbons (Fsp3) is 0.143. The van der Waals surface area contributed by atoms with E-state index in [1.165, 1.54) is 19.1 Å². The maximum atomic E-state index is 13.9. The summed E-state index contributed by atoms with van der Waals surface area (Å²) < 4.78 is 39.9. The Labute approximate surface area is 215 Å². The first-order valence-electron chi connectivity index (χ1n) is 11.8. The van der Waals surface area contributed by atoms with Gasteiger partial charge in [-0.1, -0.05) is 78.4 Å². The molecule has 1 aliphatic heterocycles. The molecule has 0 spiro atoms. The van der Waals surface area contributed by atoms with E-state index in [9.17, 15) is 18.0 Å². The molecule has 9 heteroatoms. The van der Waals surface area contributed by atoms with Gasteiger partial charge in [0.1, 0.15) is 11.8 Å². The third-order valence-electron chi connectivity index (χ3n) is 6.44. The van der Waals surface area contributed by atoms with Crippen LogP contribution < -0.4 is 10.2 Å². The molecule has 4 aromatic carbocycles. The van der Waals surface area contributed by atoms with Crippen LogP contribution in [-0.2, 0) is 24.3 Å². The molecule has 5 rings (SSSR count). The van der Waals surface area contributed by atoms with Gasteiger partial charge in [-0.15, -0.1) is 0 Å². The smallest absolute Gasteiger partial charge is 0.502 e. The van der Waals surface area contributed by atoms with Crippen molar-refractivity contribution in [2.45, 2.75) is 24.8 Å². The summed E-state index contributed by atoms with van der Waals surface area (Å²) in [6.07, 6.45) is 0. The van der Waals surface area contributed by atoms with Gasteiger partial charge in [0.05, 0.1) is 10.8 Å². The molecule has 4 aromatic rings. The first-order chi connectivity index (χ1) is 17.8. The van der Waals surface area contributed by atoms with Gasteiger partial charge in [-0.2, -0.15) is 4.22 Å². The number of rotatable bonds is 6. The molecule has 1 unspecified atom stereocenters. The minimum absolute atomic E-state index is 0.00238. The lowest BCUT2D eigenvalue weighted by Crippen LogP contribution is -2.54. The van der Waals surface area contributed by atoms with Crippen molar-refractivity contribution in [3.8, 4) is 5.75 Å². The van der Waals surface area contributed by atoms with Crippen LogP contribution in [0.3, 0.4) is 0 Å². The van der Waals surface area contributed by atoms with Crippen molar-refractivity contribution in [3.63, 3.8) is 0 Å².